The molecule has 0 aliphatic heterocycles. The summed E-state index contributed by atoms with van der Waals surface area (Å²) in [4.78, 5) is 8.22. The predicted octanol–water partition coefficient (Wildman–Crippen LogP) is -0.510. The smallest absolute Gasteiger partial charge is 0.145 e. The molecule has 1 aromatic heterocycles. The Morgan fingerprint density at radius 2 is 2.19 bits per heavy atom. The molecule has 0 fully saturated rings. The second-order valence-electron chi connectivity index (χ2n) is 3.31. The number of methoxy groups -OCH3 is 1. The van der Waals surface area contributed by atoms with Crippen molar-refractivity contribution in [3.8, 4) is 0 Å². The van der Waals surface area contributed by atoms with Gasteiger partial charge in [0.1, 0.15) is 17.5 Å². The third kappa shape index (κ3) is 3.61. The third-order valence-electron chi connectivity index (χ3n) is 1.93. The summed E-state index contributed by atoms with van der Waals surface area (Å²) in [5, 5.41) is 12.1. The topological polar surface area (TPSA) is 105 Å². The Balaban J connectivity index is 2.74. The summed E-state index contributed by atoms with van der Waals surface area (Å²) in [5.41, 5.74) is 2.45. The molecule has 1 rings (SSSR count). The average molecular weight is 227 g/mol. The molecule has 7 nitrogen and oxygen atoms in total. The lowest BCUT2D eigenvalue weighted by Crippen LogP contribution is -2.29. The molecule has 7 heteroatoms. The summed E-state index contributed by atoms with van der Waals surface area (Å²) in [6.07, 6.45) is 0. The number of nitrogen functional groups attached to an aromatic ring is 1. The van der Waals surface area contributed by atoms with Crippen molar-refractivity contribution in [3.05, 3.63) is 11.9 Å². The number of rotatable bonds is 6. The fourth-order valence-corrected chi connectivity index (χ4v) is 1.27. The van der Waals surface area contributed by atoms with Crippen molar-refractivity contribution in [1.82, 2.24) is 9.97 Å². The molecule has 5 N–H and O–H groups in total. The largest absolute Gasteiger partial charge is 0.394 e. The van der Waals surface area contributed by atoms with E-state index < -0.39 is 0 Å². The zero-order valence-corrected chi connectivity index (χ0v) is 9.40. The highest BCUT2D eigenvalue weighted by atomic mass is 16.5. The van der Waals surface area contributed by atoms with Crippen LogP contribution in [-0.2, 0) is 4.74 Å². The number of hydrazine groups is 1. The fourth-order valence-electron chi connectivity index (χ4n) is 1.27. The molecule has 16 heavy (non-hydrogen) atoms. The molecule has 0 radical (unpaired) electrons. The summed E-state index contributed by atoms with van der Waals surface area (Å²) >= 11 is 0. The van der Waals surface area contributed by atoms with Crippen LogP contribution in [0.2, 0.25) is 0 Å². The molecule has 0 aliphatic rings. The maximum atomic E-state index is 9.09. The highest BCUT2D eigenvalue weighted by molar-refractivity contribution is 5.47. The number of aliphatic hydroxyl groups is 1. The molecule has 1 atom stereocenters. The van der Waals surface area contributed by atoms with Gasteiger partial charge in [0.15, 0.2) is 0 Å². The van der Waals surface area contributed by atoms with E-state index in [9.17, 15) is 0 Å². The van der Waals surface area contributed by atoms with Gasteiger partial charge >= 0.3 is 0 Å². The van der Waals surface area contributed by atoms with Gasteiger partial charge in [-0.1, -0.05) is 0 Å². The van der Waals surface area contributed by atoms with E-state index in [4.69, 9.17) is 15.7 Å². The first-order valence-corrected chi connectivity index (χ1v) is 4.88. The van der Waals surface area contributed by atoms with Gasteiger partial charge in [-0.15, -0.1) is 0 Å². The lowest BCUT2D eigenvalue weighted by molar-refractivity contribution is 0.153. The van der Waals surface area contributed by atoms with E-state index in [0.717, 1.165) is 0 Å². The Labute approximate surface area is 94.0 Å². The zero-order chi connectivity index (χ0) is 12.0. The molecular weight excluding hydrogens is 210 g/mol. The molecule has 90 valence electrons. The summed E-state index contributed by atoms with van der Waals surface area (Å²) < 4.78 is 4.95. The van der Waals surface area contributed by atoms with Crippen LogP contribution < -0.4 is 16.6 Å². The van der Waals surface area contributed by atoms with Gasteiger partial charge in [0.2, 0.25) is 0 Å². The first-order chi connectivity index (χ1) is 7.69. The van der Waals surface area contributed by atoms with E-state index in [1.165, 1.54) is 0 Å². The van der Waals surface area contributed by atoms with Gasteiger partial charge in [-0.2, -0.15) is 0 Å². The molecule has 0 saturated carbocycles. The molecule has 0 saturated heterocycles. The van der Waals surface area contributed by atoms with Gasteiger partial charge in [0.05, 0.1) is 19.3 Å². The minimum atomic E-state index is -0.204. The van der Waals surface area contributed by atoms with Gasteiger partial charge in [-0.25, -0.2) is 15.8 Å². The van der Waals surface area contributed by atoms with E-state index in [0.29, 0.717) is 24.1 Å². The summed E-state index contributed by atoms with van der Waals surface area (Å²) in [5.74, 6) is 6.97. The summed E-state index contributed by atoms with van der Waals surface area (Å²) in [6.45, 7) is 2.11. The number of nitrogens with zero attached hydrogens (tertiary/aromatic N) is 2. The highest BCUT2D eigenvalue weighted by Gasteiger charge is 2.08. The molecule has 1 aromatic rings. The molecule has 0 aliphatic carbocycles. The van der Waals surface area contributed by atoms with Crippen molar-refractivity contribution in [2.75, 3.05) is 31.1 Å². The third-order valence-corrected chi connectivity index (χ3v) is 1.93. The second kappa shape index (κ2) is 6.21. The minimum absolute atomic E-state index is 0.0394. The fraction of sp³-hybridized carbons (Fsp3) is 0.556. The molecule has 0 bridgehead atoms. The number of anilines is 2. The molecule has 1 unspecified atom stereocenters. The lowest BCUT2D eigenvalue weighted by atomic mass is 10.3. The molecular formula is C9H17N5O2. The number of hydrogen-bond donors (Lipinski definition) is 4. The Bertz CT molecular complexity index is 334. The van der Waals surface area contributed by atoms with Crippen LogP contribution in [0.4, 0.5) is 11.6 Å². The van der Waals surface area contributed by atoms with E-state index in [2.05, 4.69) is 20.7 Å². The van der Waals surface area contributed by atoms with E-state index in [-0.39, 0.29) is 12.6 Å². The SMILES string of the molecule is COCC(CO)Nc1cc(NN)nc(C)n1. The van der Waals surface area contributed by atoms with Gasteiger partial charge in [0.25, 0.3) is 0 Å². The predicted molar refractivity (Wildman–Crippen MR) is 61.0 cm³/mol. The number of hydrogen-bond acceptors (Lipinski definition) is 7. The average Bonchev–Trinajstić information content (AvgIpc) is 2.27. The van der Waals surface area contributed by atoms with Crippen molar-refractivity contribution in [2.24, 2.45) is 5.84 Å². The number of aliphatic hydroxyl groups excluding tert-OH is 1. The van der Waals surface area contributed by atoms with Crippen LogP contribution in [0, 0.1) is 6.92 Å². The van der Waals surface area contributed by atoms with Crippen molar-refractivity contribution in [2.45, 2.75) is 13.0 Å². The first-order valence-electron chi connectivity index (χ1n) is 4.88. The molecule has 0 spiro atoms. The zero-order valence-electron chi connectivity index (χ0n) is 9.40. The molecule has 1 heterocycles. The van der Waals surface area contributed by atoms with Crippen molar-refractivity contribution in [3.63, 3.8) is 0 Å². The monoisotopic (exact) mass is 227 g/mol. The number of ether oxygens (including phenoxy) is 1. The standard InChI is InChI=1S/C9H17N5O2/c1-6-11-8(3-9(12-6)14-10)13-7(4-15)5-16-2/h3,7,15H,4-5,10H2,1-2H3,(H2,11,12,13,14). The van der Waals surface area contributed by atoms with Crippen LogP contribution in [0.1, 0.15) is 5.82 Å². The van der Waals surface area contributed by atoms with Crippen molar-refractivity contribution in [1.29, 1.82) is 0 Å². The van der Waals surface area contributed by atoms with Gasteiger partial charge in [-0.05, 0) is 6.92 Å². The van der Waals surface area contributed by atoms with Crippen molar-refractivity contribution >= 4 is 11.6 Å². The Morgan fingerprint density at radius 1 is 1.50 bits per heavy atom. The Hall–Kier alpha value is -1.44. The van der Waals surface area contributed by atoms with Crippen LogP contribution in [-0.4, -0.2) is 41.4 Å². The van der Waals surface area contributed by atoms with Gasteiger partial charge in [-0.3, -0.25) is 0 Å². The van der Waals surface area contributed by atoms with Crippen molar-refractivity contribution < 1.29 is 9.84 Å². The van der Waals surface area contributed by atoms with E-state index >= 15 is 0 Å². The maximum Gasteiger partial charge on any atom is 0.145 e. The van der Waals surface area contributed by atoms with Crippen LogP contribution in [0.3, 0.4) is 0 Å². The molecule has 0 aromatic carbocycles. The normalized spacial score (nSPS) is 12.2. The number of nitrogens with two attached hydrogens (primary N) is 1. The molecule has 0 amide bonds. The van der Waals surface area contributed by atoms with Crippen LogP contribution in [0.15, 0.2) is 6.07 Å². The number of aryl methyl sites for hydroxylation is 1. The number of aromatic nitrogens is 2. The Morgan fingerprint density at radius 3 is 2.75 bits per heavy atom. The lowest BCUT2D eigenvalue weighted by Gasteiger charge is -2.16. The Kier molecular flexibility index (Phi) is 4.90. The quantitative estimate of drug-likeness (QED) is 0.383. The van der Waals surface area contributed by atoms with Gasteiger partial charge in [0, 0.05) is 13.2 Å². The number of nitrogens with one attached hydrogen (secondary N) is 2. The summed E-state index contributed by atoms with van der Waals surface area (Å²) in [6, 6.07) is 1.45. The second-order valence-corrected chi connectivity index (χ2v) is 3.31. The minimum Gasteiger partial charge on any atom is -0.394 e. The van der Waals surface area contributed by atoms with Crippen LogP contribution in [0.25, 0.3) is 0 Å². The van der Waals surface area contributed by atoms with Crippen LogP contribution >= 0.6 is 0 Å². The van der Waals surface area contributed by atoms with E-state index in [1.807, 2.05) is 0 Å². The van der Waals surface area contributed by atoms with E-state index in [1.54, 1.807) is 20.1 Å². The van der Waals surface area contributed by atoms with Crippen LogP contribution in [0.5, 0.6) is 0 Å². The maximum absolute atomic E-state index is 9.09. The van der Waals surface area contributed by atoms with Gasteiger partial charge < -0.3 is 20.6 Å². The highest BCUT2D eigenvalue weighted by Crippen LogP contribution is 2.10. The first kappa shape index (κ1) is 12.6. The summed E-state index contributed by atoms with van der Waals surface area (Å²) in [7, 11) is 1.57.